The normalized spacial score (nSPS) is 11.9. The number of rotatable bonds is 2. The molecule has 0 radical (unpaired) electrons. The van der Waals surface area contributed by atoms with Crippen LogP contribution in [-0.4, -0.2) is 25.6 Å². The fourth-order valence-electron chi connectivity index (χ4n) is 2.06. The topological polar surface area (TPSA) is 0 Å². The zero-order valence-electron chi connectivity index (χ0n) is 11.2. The lowest BCUT2D eigenvalue weighted by Gasteiger charge is -2.26. The second-order valence-corrected chi connectivity index (χ2v) is 5.69. The minimum absolute atomic E-state index is 0.990. The van der Waals surface area contributed by atoms with Gasteiger partial charge in [-0.15, -0.1) is 0 Å². The minimum Gasteiger partial charge on any atom is -0.327 e. The van der Waals surface area contributed by atoms with Gasteiger partial charge in [-0.2, -0.15) is 0 Å². The van der Waals surface area contributed by atoms with Gasteiger partial charge < -0.3 is 4.48 Å². The van der Waals surface area contributed by atoms with Gasteiger partial charge in [0.05, 0.1) is 21.1 Å². The monoisotopic (exact) mass is 206 g/mol. The molecule has 0 aromatic heterocycles. The lowest BCUT2D eigenvalue weighted by atomic mass is 9.94. The minimum atomic E-state index is 0.990. The predicted molar refractivity (Wildman–Crippen MR) is 67.1 cm³/mol. The van der Waals surface area contributed by atoms with Crippen molar-refractivity contribution < 1.29 is 4.48 Å². The third-order valence-corrected chi connectivity index (χ3v) is 3.15. The lowest BCUT2D eigenvalue weighted by molar-refractivity contribution is -0.884. The van der Waals surface area contributed by atoms with Crippen molar-refractivity contribution in [2.24, 2.45) is 0 Å². The summed E-state index contributed by atoms with van der Waals surface area (Å²) >= 11 is 0. The highest BCUT2D eigenvalue weighted by molar-refractivity contribution is 5.43. The van der Waals surface area contributed by atoms with Crippen LogP contribution in [0.3, 0.4) is 0 Å². The van der Waals surface area contributed by atoms with Gasteiger partial charge in [0.1, 0.15) is 6.54 Å². The van der Waals surface area contributed by atoms with Crippen molar-refractivity contribution in [1.29, 1.82) is 0 Å². The SMILES string of the molecule is Cc1cc(C)c(C[N+](C)(C)C)c(C)c1C. The predicted octanol–water partition coefficient (Wildman–Crippen LogP) is 3.13. The molecule has 0 atom stereocenters. The second kappa shape index (κ2) is 3.97. The van der Waals surface area contributed by atoms with E-state index in [0.29, 0.717) is 0 Å². The molecule has 1 heteroatoms. The van der Waals surface area contributed by atoms with E-state index in [1.54, 1.807) is 0 Å². The molecule has 0 aliphatic carbocycles. The van der Waals surface area contributed by atoms with Crippen LogP contribution in [-0.2, 0) is 6.54 Å². The molecule has 0 unspecified atom stereocenters. The Labute approximate surface area is 94.3 Å². The smallest absolute Gasteiger partial charge is 0.104 e. The van der Waals surface area contributed by atoms with E-state index < -0.39 is 0 Å². The van der Waals surface area contributed by atoms with Crippen molar-refractivity contribution in [2.75, 3.05) is 21.1 Å². The van der Waals surface area contributed by atoms with Crippen molar-refractivity contribution in [3.8, 4) is 0 Å². The molecule has 0 heterocycles. The maximum atomic E-state index is 2.31. The van der Waals surface area contributed by atoms with Gasteiger partial charge in [-0.1, -0.05) is 6.07 Å². The summed E-state index contributed by atoms with van der Waals surface area (Å²) in [5.41, 5.74) is 7.29. The van der Waals surface area contributed by atoms with Crippen LogP contribution in [0.15, 0.2) is 6.07 Å². The third-order valence-electron chi connectivity index (χ3n) is 3.15. The van der Waals surface area contributed by atoms with Gasteiger partial charge in [0.2, 0.25) is 0 Å². The first-order valence-electron chi connectivity index (χ1n) is 5.59. The van der Waals surface area contributed by atoms with Crippen LogP contribution < -0.4 is 0 Å². The van der Waals surface area contributed by atoms with Gasteiger partial charge in [0, 0.05) is 5.56 Å². The van der Waals surface area contributed by atoms with Gasteiger partial charge in [-0.05, 0) is 49.9 Å². The van der Waals surface area contributed by atoms with Crippen molar-refractivity contribution in [3.63, 3.8) is 0 Å². The Morgan fingerprint density at radius 2 is 1.40 bits per heavy atom. The van der Waals surface area contributed by atoms with E-state index in [9.17, 15) is 0 Å². The number of benzene rings is 1. The quantitative estimate of drug-likeness (QED) is 0.652. The fourth-order valence-corrected chi connectivity index (χ4v) is 2.06. The van der Waals surface area contributed by atoms with Crippen LogP contribution >= 0.6 is 0 Å². The highest BCUT2D eigenvalue weighted by Crippen LogP contribution is 2.23. The van der Waals surface area contributed by atoms with Gasteiger partial charge >= 0.3 is 0 Å². The largest absolute Gasteiger partial charge is 0.327 e. The average molecular weight is 206 g/mol. The van der Waals surface area contributed by atoms with Crippen LogP contribution in [0.5, 0.6) is 0 Å². The molecule has 0 bridgehead atoms. The summed E-state index contributed by atoms with van der Waals surface area (Å²) < 4.78 is 0.990. The van der Waals surface area contributed by atoms with Crippen molar-refractivity contribution in [2.45, 2.75) is 34.2 Å². The van der Waals surface area contributed by atoms with E-state index in [2.05, 4.69) is 54.9 Å². The molecular formula is C14H24N+. The average Bonchev–Trinajstić information content (AvgIpc) is 2.07. The molecule has 15 heavy (non-hydrogen) atoms. The molecule has 0 saturated heterocycles. The Kier molecular flexibility index (Phi) is 3.25. The molecule has 0 fully saturated rings. The number of nitrogens with zero attached hydrogens (tertiary/aromatic N) is 1. The first-order valence-corrected chi connectivity index (χ1v) is 5.59. The van der Waals surface area contributed by atoms with Crippen LogP contribution in [0.4, 0.5) is 0 Å². The Bertz CT molecular complexity index is 370. The highest BCUT2D eigenvalue weighted by atomic mass is 15.3. The van der Waals surface area contributed by atoms with Crippen LogP contribution in [0.2, 0.25) is 0 Å². The molecule has 1 aromatic carbocycles. The van der Waals surface area contributed by atoms with Crippen LogP contribution in [0.1, 0.15) is 27.8 Å². The molecule has 0 amide bonds. The third kappa shape index (κ3) is 2.82. The molecule has 0 aliphatic heterocycles. The van der Waals surface area contributed by atoms with Crippen molar-refractivity contribution in [1.82, 2.24) is 0 Å². The van der Waals surface area contributed by atoms with Crippen LogP contribution in [0, 0.1) is 27.7 Å². The maximum absolute atomic E-state index is 2.31. The molecule has 84 valence electrons. The first kappa shape index (κ1) is 12.3. The molecule has 0 saturated carbocycles. The Morgan fingerprint density at radius 1 is 0.867 bits per heavy atom. The van der Waals surface area contributed by atoms with Crippen molar-refractivity contribution >= 4 is 0 Å². The van der Waals surface area contributed by atoms with E-state index >= 15 is 0 Å². The van der Waals surface area contributed by atoms with Gasteiger partial charge in [-0.25, -0.2) is 0 Å². The van der Waals surface area contributed by atoms with Gasteiger partial charge in [0.25, 0.3) is 0 Å². The highest BCUT2D eigenvalue weighted by Gasteiger charge is 2.15. The molecule has 1 aromatic rings. The summed E-state index contributed by atoms with van der Waals surface area (Å²) in [5.74, 6) is 0. The zero-order valence-corrected chi connectivity index (χ0v) is 11.2. The fraction of sp³-hybridized carbons (Fsp3) is 0.571. The molecule has 0 N–H and O–H groups in total. The van der Waals surface area contributed by atoms with E-state index in [-0.39, 0.29) is 0 Å². The van der Waals surface area contributed by atoms with Crippen molar-refractivity contribution in [3.05, 3.63) is 33.9 Å². The van der Waals surface area contributed by atoms with E-state index in [1.807, 2.05) is 0 Å². The zero-order chi connectivity index (χ0) is 11.8. The summed E-state index contributed by atoms with van der Waals surface area (Å²) in [4.78, 5) is 0. The molecule has 0 aliphatic rings. The number of aryl methyl sites for hydroxylation is 2. The second-order valence-electron chi connectivity index (χ2n) is 5.69. The molecular weight excluding hydrogens is 182 g/mol. The first-order chi connectivity index (χ1) is 6.72. The van der Waals surface area contributed by atoms with E-state index in [0.717, 1.165) is 11.0 Å². The molecule has 1 rings (SSSR count). The Morgan fingerprint density at radius 3 is 1.87 bits per heavy atom. The van der Waals surface area contributed by atoms with E-state index in [4.69, 9.17) is 0 Å². The summed E-state index contributed by atoms with van der Waals surface area (Å²) in [7, 11) is 6.73. The number of quaternary nitrogens is 1. The van der Waals surface area contributed by atoms with Crippen LogP contribution in [0.25, 0.3) is 0 Å². The molecule has 1 nitrogen and oxygen atoms in total. The number of hydrogen-bond acceptors (Lipinski definition) is 0. The van der Waals surface area contributed by atoms with E-state index in [1.165, 1.54) is 27.8 Å². The Hall–Kier alpha value is -0.820. The summed E-state index contributed by atoms with van der Waals surface area (Å²) in [6.45, 7) is 10.0. The standard InChI is InChI=1S/C14H24N/c1-10-8-11(2)14(9-15(5,6)7)13(4)12(10)3/h8H,9H2,1-7H3/q+1. The van der Waals surface area contributed by atoms with Gasteiger partial charge in [-0.3, -0.25) is 0 Å². The maximum Gasteiger partial charge on any atom is 0.104 e. The lowest BCUT2D eigenvalue weighted by Crippen LogP contribution is -2.34. The number of hydrogen-bond donors (Lipinski definition) is 0. The Balaban J connectivity index is 3.24. The summed E-state index contributed by atoms with van der Waals surface area (Å²) in [6, 6.07) is 2.31. The summed E-state index contributed by atoms with van der Waals surface area (Å²) in [6.07, 6.45) is 0. The summed E-state index contributed by atoms with van der Waals surface area (Å²) in [5, 5.41) is 0. The molecule has 0 spiro atoms. The van der Waals surface area contributed by atoms with Gasteiger partial charge in [0.15, 0.2) is 0 Å².